The first-order valence-electron chi connectivity index (χ1n) is 2.55. The van der Waals surface area contributed by atoms with Crippen molar-refractivity contribution in [3.8, 4) is 0 Å². The molecule has 0 aromatic heterocycles. The molecule has 0 radical (unpaired) electrons. The number of rotatable bonds is 3. The third-order valence-corrected chi connectivity index (χ3v) is 2.64. The molecule has 0 rings (SSSR count). The number of carbonyl (C=O) groups is 1. The SMILES string of the molecule is CN(C)S(=O)(=O)CC(N)=O. The van der Waals surface area contributed by atoms with E-state index >= 15 is 0 Å². The minimum atomic E-state index is -3.44. The summed E-state index contributed by atoms with van der Waals surface area (Å²) in [7, 11) is -0.748. The fourth-order valence-corrected chi connectivity index (χ4v) is 0.927. The second kappa shape index (κ2) is 2.98. The Bertz CT molecular complexity index is 219. The minimum Gasteiger partial charge on any atom is -0.369 e. The number of nitrogens with two attached hydrogens (primary N) is 1. The molecule has 60 valence electrons. The number of hydrogen-bond donors (Lipinski definition) is 1. The van der Waals surface area contributed by atoms with Crippen molar-refractivity contribution in [2.45, 2.75) is 0 Å². The lowest BCUT2D eigenvalue weighted by Crippen LogP contribution is -2.32. The van der Waals surface area contributed by atoms with Crippen LogP contribution in [-0.4, -0.2) is 38.5 Å². The number of hydrogen-bond acceptors (Lipinski definition) is 3. The van der Waals surface area contributed by atoms with E-state index in [9.17, 15) is 13.2 Å². The molecule has 1 amide bonds. The van der Waals surface area contributed by atoms with Gasteiger partial charge in [-0.1, -0.05) is 0 Å². The average Bonchev–Trinajstić information content (AvgIpc) is 1.60. The summed E-state index contributed by atoms with van der Waals surface area (Å²) in [6.45, 7) is 0. The zero-order valence-electron chi connectivity index (χ0n) is 5.86. The number of amides is 1. The van der Waals surface area contributed by atoms with E-state index in [1.54, 1.807) is 0 Å². The molecule has 0 aromatic carbocycles. The molecule has 0 spiro atoms. The van der Waals surface area contributed by atoms with E-state index < -0.39 is 21.7 Å². The molecule has 0 atom stereocenters. The van der Waals surface area contributed by atoms with Gasteiger partial charge >= 0.3 is 0 Å². The summed E-state index contributed by atoms with van der Waals surface area (Å²) < 4.78 is 22.5. The van der Waals surface area contributed by atoms with Crippen LogP contribution < -0.4 is 5.73 Å². The van der Waals surface area contributed by atoms with E-state index in [0.29, 0.717) is 0 Å². The van der Waals surface area contributed by atoms with Crippen LogP contribution >= 0.6 is 0 Å². The Balaban J connectivity index is 4.31. The first-order valence-corrected chi connectivity index (χ1v) is 4.15. The van der Waals surface area contributed by atoms with Crippen molar-refractivity contribution in [1.29, 1.82) is 0 Å². The van der Waals surface area contributed by atoms with E-state index in [1.807, 2.05) is 0 Å². The minimum absolute atomic E-state index is 0.625. The molecule has 0 bridgehead atoms. The first kappa shape index (κ1) is 9.38. The molecule has 6 heteroatoms. The summed E-state index contributed by atoms with van der Waals surface area (Å²) in [6, 6.07) is 0. The van der Waals surface area contributed by atoms with E-state index in [4.69, 9.17) is 0 Å². The van der Waals surface area contributed by atoms with Gasteiger partial charge in [0.05, 0.1) is 0 Å². The fourth-order valence-electron chi connectivity index (χ4n) is 0.309. The average molecular weight is 166 g/mol. The zero-order chi connectivity index (χ0) is 8.36. The summed E-state index contributed by atoms with van der Waals surface area (Å²) in [4.78, 5) is 10.1. The molecule has 0 aromatic rings. The van der Waals surface area contributed by atoms with E-state index in [-0.39, 0.29) is 0 Å². The van der Waals surface area contributed by atoms with E-state index in [0.717, 1.165) is 4.31 Å². The predicted octanol–water partition coefficient (Wildman–Crippen LogP) is -1.64. The van der Waals surface area contributed by atoms with Gasteiger partial charge in [-0.05, 0) is 0 Å². The molecule has 10 heavy (non-hydrogen) atoms. The van der Waals surface area contributed by atoms with E-state index in [2.05, 4.69) is 5.73 Å². The molecule has 0 unspecified atom stereocenters. The highest BCUT2D eigenvalue weighted by Crippen LogP contribution is 1.91. The van der Waals surface area contributed by atoms with Gasteiger partial charge in [-0.25, -0.2) is 12.7 Å². The third kappa shape index (κ3) is 2.79. The lowest BCUT2D eigenvalue weighted by Gasteiger charge is -2.07. The van der Waals surface area contributed by atoms with Crippen LogP contribution in [0.3, 0.4) is 0 Å². The van der Waals surface area contributed by atoms with Crippen molar-refractivity contribution in [3.05, 3.63) is 0 Å². The third-order valence-electron chi connectivity index (χ3n) is 0.881. The maximum absolute atomic E-state index is 10.8. The van der Waals surface area contributed by atoms with Crippen molar-refractivity contribution >= 4 is 15.9 Å². The molecule has 5 nitrogen and oxygen atoms in total. The van der Waals surface area contributed by atoms with Gasteiger partial charge in [0, 0.05) is 14.1 Å². The highest BCUT2D eigenvalue weighted by Gasteiger charge is 2.15. The Hall–Kier alpha value is -0.620. The second-order valence-electron chi connectivity index (χ2n) is 2.00. The van der Waals surface area contributed by atoms with Crippen LogP contribution in [0.25, 0.3) is 0 Å². The molecule has 0 saturated heterocycles. The van der Waals surface area contributed by atoms with Crippen LogP contribution in [0, 0.1) is 0 Å². The topological polar surface area (TPSA) is 80.5 Å². The normalized spacial score (nSPS) is 11.9. The first-order chi connectivity index (χ1) is 4.36. The maximum atomic E-state index is 10.8. The summed E-state index contributed by atoms with van der Waals surface area (Å²) in [6.07, 6.45) is 0. The second-order valence-corrected chi connectivity index (χ2v) is 4.19. The van der Waals surface area contributed by atoms with Gasteiger partial charge in [-0.15, -0.1) is 0 Å². The van der Waals surface area contributed by atoms with Crippen LogP contribution in [0.2, 0.25) is 0 Å². The quantitative estimate of drug-likeness (QED) is 0.546. The van der Waals surface area contributed by atoms with Gasteiger partial charge in [-0.3, -0.25) is 4.79 Å². The van der Waals surface area contributed by atoms with Crippen molar-refractivity contribution < 1.29 is 13.2 Å². The Labute approximate surface area is 59.9 Å². The van der Waals surface area contributed by atoms with Gasteiger partial charge in [0.2, 0.25) is 15.9 Å². The predicted molar refractivity (Wildman–Crippen MR) is 36.7 cm³/mol. The lowest BCUT2D eigenvalue weighted by molar-refractivity contribution is -0.115. The largest absolute Gasteiger partial charge is 0.369 e. The Kier molecular flexibility index (Phi) is 2.79. The standard InChI is InChI=1S/C4H10N2O3S/c1-6(2)10(8,9)3-4(5)7/h3H2,1-2H3,(H2,5,7). The van der Waals surface area contributed by atoms with Crippen LogP contribution in [0.5, 0.6) is 0 Å². The van der Waals surface area contributed by atoms with Crippen molar-refractivity contribution in [2.24, 2.45) is 5.73 Å². The van der Waals surface area contributed by atoms with Crippen LogP contribution in [0.1, 0.15) is 0 Å². The number of carbonyl (C=O) groups excluding carboxylic acids is 1. The van der Waals surface area contributed by atoms with Crippen molar-refractivity contribution in [3.63, 3.8) is 0 Å². The van der Waals surface area contributed by atoms with Crippen molar-refractivity contribution in [1.82, 2.24) is 4.31 Å². The van der Waals surface area contributed by atoms with Gasteiger partial charge in [0.25, 0.3) is 0 Å². The molecule has 0 heterocycles. The summed E-state index contributed by atoms with van der Waals surface area (Å²) >= 11 is 0. The van der Waals surface area contributed by atoms with Gasteiger partial charge in [0.1, 0.15) is 5.75 Å². The molecular weight excluding hydrogens is 156 g/mol. The van der Waals surface area contributed by atoms with Crippen LogP contribution in [-0.2, 0) is 14.8 Å². The zero-order valence-corrected chi connectivity index (χ0v) is 6.68. The fraction of sp³-hybridized carbons (Fsp3) is 0.750. The van der Waals surface area contributed by atoms with E-state index in [1.165, 1.54) is 14.1 Å². The van der Waals surface area contributed by atoms with Crippen LogP contribution in [0.4, 0.5) is 0 Å². The Morgan fingerprint density at radius 2 is 1.90 bits per heavy atom. The number of nitrogens with zero attached hydrogens (tertiary/aromatic N) is 1. The maximum Gasteiger partial charge on any atom is 0.234 e. The Morgan fingerprint density at radius 3 is 2.00 bits per heavy atom. The van der Waals surface area contributed by atoms with Gasteiger partial charge in [0.15, 0.2) is 0 Å². The molecule has 0 aliphatic heterocycles. The summed E-state index contributed by atoms with van der Waals surface area (Å²) in [5, 5.41) is 0. The number of sulfonamides is 1. The van der Waals surface area contributed by atoms with Crippen LogP contribution in [0.15, 0.2) is 0 Å². The molecule has 0 aliphatic rings. The van der Waals surface area contributed by atoms with Crippen molar-refractivity contribution in [2.75, 3.05) is 19.8 Å². The van der Waals surface area contributed by atoms with Gasteiger partial charge in [-0.2, -0.15) is 0 Å². The highest BCUT2D eigenvalue weighted by atomic mass is 32.2. The Morgan fingerprint density at radius 1 is 1.50 bits per heavy atom. The number of primary amides is 1. The highest BCUT2D eigenvalue weighted by molar-refractivity contribution is 7.89. The lowest BCUT2D eigenvalue weighted by atomic mass is 10.8. The van der Waals surface area contributed by atoms with Gasteiger partial charge < -0.3 is 5.73 Å². The molecule has 0 aliphatic carbocycles. The summed E-state index contributed by atoms with van der Waals surface area (Å²) in [5.74, 6) is -1.46. The smallest absolute Gasteiger partial charge is 0.234 e. The molecular formula is C4H10N2O3S. The molecule has 0 fully saturated rings. The summed E-state index contributed by atoms with van der Waals surface area (Å²) in [5.41, 5.74) is 4.67. The molecule has 0 saturated carbocycles. The monoisotopic (exact) mass is 166 g/mol. The molecule has 2 N–H and O–H groups in total.